The van der Waals surface area contributed by atoms with Gasteiger partial charge in [-0.2, -0.15) is 0 Å². The van der Waals surface area contributed by atoms with E-state index >= 15 is 0 Å². The molecule has 0 spiro atoms. The molecule has 2 rings (SSSR count). The number of anilines is 1. The van der Waals surface area contributed by atoms with Crippen LogP contribution in [-0.4, -0.2) is 37.9 Å². The molecule has 1 aromatic rings. The fraction of sp³-hybridized carbons (Fsp3) is 0.467. The van der Waals surface area contributed by atoms with Gasteiger partial charge in [0.25, 0.3) is 0 Å². The van der Waals surface area contributed by atoms with Crippen molar-refractivity contribution in [3.63, 3.8) is 0 Å². The van der Waals surface area contributed by atoms with Crippen LogP contribution in [0, 0.1) is 11.6 Å². The standard InChI is InChI=1S/C15H19F2N3O2/c1-4-20(3)15-12(16)5-10(6-13(15)17)14-7-11(22-19-14)8-18-9(2)21/h5-6,11H,4,7-8H2,1-3H3,(H,18,21). The minimum absolute atomic E-state index is 0.0550. The van der Waals surface area contributed by atoms with Crippen LogP contribution in [0.15, 0.2) is 17.3 Å². The summed E-state index contributed by atoms with van der Waals surface area (Å²) in [4.78, 5) is 17.5. The molecule has 1 aliphatic heterocycles. The summed E-state index contributed by atoms with van der Waals surface area (Å²) in [5.41, 5.74) is 0.771. The third kappa shape index (κ3) is 3.52. The minimum Gasteiger partial charge on any atom is -0.390 e. The summed E-state index contributed by atoms with van der Waals surface area (Å²) in [6.45, 7) is 4.03. The molecule has 1 amide bonds. The second-order valence-electron chi connectivity index (χ2n) is 5.21. The van der Waals surface area contributed by atoms with Crippen LogP contribution in [0.3, 0.4) is 0 Å². The number of rotatable bonds is 5. The summed E-state index contributed by atoms with van der Waals surface area (Å²) >= 11 is 0. The van der Waals surface area contributed by atoms with Crippen LogP contribution in [0.2, 0.25) is 0 Å². The van der Waals surface area contributed by atoms with Crippen molar-refractivity contribution in [2.75, 3.05) is 25.0 Å². The van der Waals surface area contributed by atoms with E-state index in [9.17, 15) is 13.6 Å². The molecule has 5 nitrogen and oxygen atoms in total. The van der Waals surface area contributed by atoms with Crippen molar-refractivity contribution in [2.24, 2.45) is 5.16 Å². The number of oxime groups is 1. The normalized spacial score (nSPS) is 17.0. The molecule has 7 heteroatoms. The smallest absolute Gasteiger partial charge is 0.217 e. The first kappa shape index (κ1) is 16.2. The first-order valence-corrected chi connectivity index (χ1v) is 7.10. The van der Waals surface area contributed by atoms with E-state index in [1.807, 2.05) is 6.92 Å². The third-order valence-electron chi connectivity index (χ3n) is 3.52. The fourth-order valence-corrected chi connectivity index (χ4v) is 2.22. The van der Waals surface area contributed by atoms with Crippen molar-refractivity contribution in [1.82, 2.24) is 5.32 Å². The van der Waals surface area contributed by atoms with Crippen molar-refractivity contribution in [3.8, 4) is 0 Å². The summed E-state index contributed by atoms with van der Waals surface area (Å²) in [6, 6.07) is 2.51. The van der Waals surface area contributed by atoms with Gasteiger partial charge in [-0.1, -0.05) is 5.16 Å². The molecular formula is C15H19F2N3O2. The Balaban J connectivity index is 2.13. The molecule has 1 heterocycles. The van der Waals surface area contributed by atoms with Crippen LogP contribution in [0.4, 0.5) is 14.5 Å². The van der Waals surface area contributed by atoms with E-state index in [0.717, 1.165) is 0 Å². The van der Waals surface area contributed by atoms with Gasteiger partial charge in [-0.3, -0.25) is 4.79 Å². The molecule has 0 aliphatic carbocycles. The number of hydrogen-bond acceptors (Lipinski definition) is 4. The molecule has 0 bridgehead atoms. The van der Waals surface area contributed by atoms with Crippen LogP contribution >= 0.6 is 0 Å². The number of amides is 1. The molecule has 22 heavy (non-hydrogen) atoms. The first-order valence-electron chi connectivity index (χ1n) is 7.10. The number of halogens is 2. The lowest BCUT2D eigenvalue weighted by Gasteiger charge is -2.19. The Kier molecular flexibility index (Phi) is 4.95. The Labute approximate surface area is 127 Å². The van der Waals surface area contributed by atoms with Crippen LogP contribution in [0.25, 0.3) is 0 Å². The van der Waals surface area contributed by atoms with Gasteiger partial charge >= 0.3 is 0 Å². The topological polar surface area (TPSA) is 53.9 Å². The molecule has 0 aromatic heterocycles. The molecule has 1 aliphatic rings. The van der Waals surface area contributed by atoms with Crippen molar-refractivity contribution in [1.29, 1.82) is 0 Å². The quantitative estimate of drug-likeness (QED) is 0.905. The molecule has 0 saturated carbocycles. The maximum atomic E-state index is 14.1. The second kappa shape index (κ2) is 6.72. The average molecular weight is 311 g/mol. The van der Waals surface area contributed by atoms with E-state index in [1.54, 1.807) is 7.05 Å². The van der Waals surface area contributed by atoms with E-state index in [-0.39, 0.29) is 17.7 Å². The molecule has 1 N–H and O–H groups in total. The summed E-state index contributed by atoms with van der Waals surface area (Å²) in [6.07, 6.45) is 0.0743. The number of benzene rings is 1. The third-order valence-corrected chi connectivity index (χ3v) is 3.52. The van der Waals surface area contributed by atoms with Crippen molar-refractivity contribution < 1.29 is 18.4 Å². The molecule has 1 unspecified atom stereocenters. The van der Waals surface area contributed by atoms with Gasteiger partial charge in [0.1, 0.15) is 23.4 Å². The van der Waals surface area contributed by atoms with E-state index in [0.29, 0.717) is 30.8 Å². The highest BCUT2D eigenvalue weighted by molar-refractivity contribution is 6.01. The molecule has 1 aromatic carbocycles. The van der Waals surface area contributed by atoms with Crippen molar-refractivity contribution >= 4 is 17.3 Å². The highest BCUT2D eigenvalue weighted by atomic mass is 19.1. The SMILES string of the molecule is CCN(C)c1c(F)cc(C2=NOC(CNC(C)=O)C2)cc1F. The Morgan fingerprint density at radius 3 is 2.64 bits per heavy atom. The maximum absolute atomic E-state index is 14.1. The lowest BCUT2D eigenvalue weighted by atomic mass is 10.0. The summed E-state index contributed by atoms with van der Waals surface area (Å²) < 4.78 is 28.2. The Hall–Kier alpha value is -2.18. The zero-order chi connectivity index (χ0) is 16.3. The largest absolute Gasteiger partial charge is 0.390 e. The molecule has 0 radical (unpaired) electrons. The van der Waals surface area contributed by atoms with Gasteiger partial charge in [0.05, 0.1) is 12.3 Å². The zero-order valence-corrected chi connectivity index (χ0v) is 12.8. The van der Waals surface area contributed by atoms with E-state index < -0.39 is 11.6 Å². The average Bonchev–Trinajstić information content (AvgIpc) is 2.93. The molecule has 120 valence electrons. The first-order chi connectivity index (χ1) is 10.4. The van der Waals surface area contributed by atoms with Crippen LogP contribution in [-0.2, 0) is 9.63 Å². The molecular weight excluding hydrogens is 292 g/mol. The number of hydrogen-bond donors (Lipinski definition) is 1. The van der Waals surface area contributed by atoms with E-state index in [2.05, 4.69) is 10.5 Å². The fourth-order valence-electron chi connectivity index (χ4n) is 2.22. The number of carbonyl (C=O) groups excluding carboxylic acids is 1. The number of nitrogens with zero attached hydrogens (tertiary/aromatic N) is 2. The lowest BCUT2D eigenvalue weighted by Crippen LogP contribution is -2.30. The Bertz CT molecular complexity index is 581. The Morgan fingerprint density at radius 2 is 2.09 bits per heavy atom. The van der Waals surface area contributed by atoms with E-state index in [4.69, 9.17) is 4.84 Å². The van der Waals surface area contributed by atoms with Crippen LogP contribution in [0.5, 0.6) is 0 Å². The molecule has 1 atom stereocenters. The second-order valence-corrected chi connectivity index (χ2v) is 5.21. The van der Waals surface area contributed by atoms with Gasteiger partial charge in [0, 0.05) is 32.5 Å². The maximum Gasteiger partial charge on any atom is 0.217 e. The van der Waals surface area contributed by atoms with E-state index in [1.165, 1.54) is 24.0 Å². The summed E-state index contributed by atoms with van der Waals surface area (Å²) in [7, 11) is 1.63. The van der Waals surface area contributed by atoms with Crippen LogP contribution < -0.4 is 10.2 Å². The summed E-state index contributed by atoms with van der Waals surface area (Å²) in [5, 5.41) is 6.48. The van der Waals surface area contributed by atoms with Gasteiger partial charge in [0.2, 0.25) is 5.91 Å². The zero-order valence-electron chi connectivity index (χ0n) is 12.8. The van der Waals surface area contributed by atoms with Crippen molar-refractivity contribution in [2.45, 2.75) is 26.4 Å². The van der Waals surface area contributed by atoms with Gasteiger partial charge in [0.15, 0.2) is 0 Å². The van der Waals surface area contributed by atoms with Gasteiger partial charge in [-0.25, -0.2) is 8.78 Å². The number of nitrogens with one attached hydrogen (secondary N) is 1. The predicted octanol–water partition coefficient (Wildman–Crippen LogP) is 2.05. The van der Waals surface area contributed by atoms with Gasteiger partial charge < -0.3 is 15.1 Å². The summed E-state index contributed by atoms with van der Waals surface area (Å²) in [5.74, 6) is -1.43. The molecule has 0 saturated heterocycles. The van der Waals surface area contributed by atoms with Crippen molar-refractivity contribution in [3.05, 3.63) is 29.3 Å². The molecule has 0 fully saturated rings. The number of carbonyl (C=O) groups is 1. The minimum atomic E-state index is -0.632. The van der Waals surface area contributed by atoms with Crippen LogP contribution in [0.1, 0.15) is 25.8 Å². The monoisotopic (exact) mass is 311 g/mol. The predicted molar refractivity (Wildman–Crippen MR) is 80.0 cm³/mol. The van der Waals surface area contributed by atoms with Gasteiger partial charge in [-0.05, 0) is 19.1 Å². The highest BCUT2D eigenvalue weighted by Crippen LogP contribution is 2.26. The highest BCUT2D eigenvalue weighted by Gasteiger charge is 2.24. The Morgan fingerprint density at radius 1 is 1.45 bits per heavy atom. The lowest BCUT2D eigenvalue weighted by molar-refractivity contribution is -0.119. The van der Waals surface area contributed by atoms with Gasteiger partial charge in [-0.15, -0.1) is 0 Å².